The second kappa shape index (κ2) is 5.74. The standard InChI is InChI=1S/C21H19N3O/c1-12-4-6-17-18-10-14(16-7-5-15(25-3)9-13(16)2)11-23-20(18)21(22)24-19(17)8-12/h4-11H,1-3H3,(H2,22,24). The van der Waals surface area contributed by atoms with Crippen LogP contribution < -0.4 is 10.5 Å². The number of hydrogen-bond donors (Lipinski definition) is 1. The van der Waals surface area contributed by atoms with E-state index in [4.69, 9.17) is 10.5 Å². The van der Waals surface area contributed by atoms with Crippen molar-refractivity contribution in [2.75, 3.05) is 12.8 Å². The fraction of sp³-hybridized carbons (Fsp3) is 0.143. The average Bonchev–Trinajstić information content (AvgIpc) is 2.61. The number of aromatic nitrogens is 2. The summed E-state index contributed by atoms with van der Waals surface area (Å²) in [6.07, 6.45) is 1.86. The number of rotatable bonds is 2. The number of nitrogens with zero attached hydrogens (tertiary/aromatic N) is 2. The maximum atomic E-state index is 6.14. The number of anilines is 1. The van der Waals surface area contributed by atoms with Gasteiger partial charge in [0.05, 0.1) is 12.6 Å². The summed E-state index contributed by atoms with van der Waals surface area (Å²) in [4.78, 5) is 9.10. The monoisotopic (exact) mass is 329 g/mol. The quantitative estimate of drug-likeness (QED) is 0.543. The van der Waals surface area contributed by atoms with Gasteiger partial charge in [-0.2, -0.15) is 0 Å². The van der Waals surface area contributed by atoms with Crippen LogP contribution in [0.4, 0.5) is 5.82 Å². The largest absolute Gasteiger partial charge is 0.497 e. The molecule has 0 radical (unpaired) electrons. The third-order valence-corrected chi connectivity index (χ3v) is 4.56. The van der Waals surface area contributed by atoms with E-state index in [-0.39, 0.29) is 0 Å². The van der Waals surface area contributed by atoms with E-state index in [0.717, 1.165) is 49.8 Å². The topological polar surface area (TPSA) is 61.0 Å². The van der Waals surface area contributed by atoms with Gasteiger partial charge in [-0.3, -0.25) is 4.98 Å². The van der Waals surface area contributed by atoms with E-state index in [2.05, 4.69) is 54.1 Å². The highest BCUT2D eigenvalue weighted by Gasteiger charge is 2.11. The van der Waals surface area contributed by atoms with Gasteiger partial charge < -0.3 is 10.5 Å². The molecule has 2 aromatic heterocycles. The molecule has 0 atom stereocenters. The lowest BCUT2D eigenvalue weighted by molar-refractivity contribution is 0.414. The van der Waals surface area contributed by atoms with Crippen molar-refractivity contribution in [3.05, 3.63) is 59.8 Å². The van der Waals surface area contributed by atoms with Crippen molar-refractivity contribution >= 4 is 27.6 Å². The van der Waals surface area contributed by atoms with Crippen molar-refractivity contribution in [3.8, 4) is 16.9 Å². The SMILES string of the molecule is COc1ccc(-c2cnc3c(N)nc4cc(C)ccc4c3c2)c(C)c1. The lowest BCUT2D eigenvalue weighted by Gasteiger charge is -2.11. The van der Waals surface area contributed by atoms with Gasteiger partial charge in [-0.05, 0) is 54.8 Å². The zero-order valence-electron chi connectivity index (χ0n) is 14.5. The Bertz CT molecular complexity index is 1120. The van der Waals surface area contributed by atoms with Gasteiger partial charge in [-0.25, -0.2) is 4.98 Å². The van der Waals surface area contributed by atoms with E-state index >= 15 is 0 Å². The number of fused-ring (bicyclic) bond motifs is 3. The number of nitrogens with two attached hydrogens (primary N) is 1. The molecule has 4 rings (SSSR count). The maximum absolute atomic E-state index is 6.14. The van der Waals surface area contributed by atoms with Crippen molar-refractivity contribution in [2.24, 2.45) is 0 Å². The highest BCUT2D eigenvalue weighted by atomic mass is 16.5. The van der Waals surface area contributed by atoms with Crippen LogP contribution in [0.15, 0.2) is 48.7 Å². The molecular weight excluding hydrogens is 310 g/mol. The van der Waals surface area contributed by atoms with Gasteiger partial charge in [0.2, 0.25) is 0 Å². The summed E-state index contributed by atoms with van der Waals surface area (Å²) in [6, 6.07) is 14.4. The van der Waals surface area contributed by atoms with Gasteiger partial charge in [-0.15, -0.1) is 0 Å². The predicted octanol–water partition coefficient (Wildman–Crippen LogP) is 4.66. The minimum atomic E-state index is 0.464. The summed E-state index contributed by atoms with van der Waals surface area (Å²) in [5, 5.41) is 2.09. The van der Waals surface area contributed by atoms with Crippen molar-refractivity contribution in [1.29, 1.82) is 0 Å². The minimum absolute atomic E-state index is 0.464. The Balaban J connectivity index is 2.00. The van der Waals surface area contributed by atoms with E-state index in [9.17, 15) is 0 Å². The fourth-order valence-corrected chi connectivity index (χ4v) is 3.25. The zero-order chi connectivity index (χ0) is 17.6. The van der Waals surface area contributed by atoms with E-state index in [1.165, 1.54) is 0 Å². The molecule has 2 aromatic carbocycles. The number of aryl methyl sites for hydroxylation is 2. The van der Waals surface area contributed by atoms with Gasteiger partial charge in [0, 0.05) is 22.5 Å². The van der Waals surface area contributed by atoms with Crippen LogP contribution in [-0.2, 0) is 0 Å². The molecule has 0 saturated heterocycles. The van der Waals surface area contributed by atoms with E-state index in [1.807, 2.05) is 18.3 Å². The summed E-state index contributed by atoms with van der Waals surface area (Å²) < 4.78 is 5.30. The summed E-state index contributed by atoms with van der Waals surface area (Å²) in [7, 11) is 1.68. The van der Waals surface area contributed by atoms with Crippen LogP contribution >= 0.6 is 0 Å². The molecule has 4 nitrogen and oxygen atoms in total. The van der Waals surface area contributed by atoms with Crippen molar-refractivity contribution in [2.45, 2.75) is 13.8 Å². The fourth-order valence-electron chi connectivity index (χ4n) is 3.25. The molecule has 0 spiro atoms. The molecule has 4 aromatic rings. The van der Waals surface area contributed by atoms with Gasteiger partial charge in [0.1, 0.15) is 11.3 Å². The third-order valence-electron chi connectivity index (χ3n) is 4.56. The van der Waals surface area contributed by atoms with Crippen molar-refractivity contribution in [3.63, 3.8) is 0 Å². The molecule has 2 N–H and O–H groups in total. The summed E-state index contributed by atoms with van der Waals surface area (Å²) in [5.74, 6) is 1.32. The van der Waals surface area contributed by atoms with E-state index in [0.29, 0.717) is 5.82 Å². The van der Waals surface area contributed by atoms with E-state index in [1.54, 1.807) is 7.11 Å². The molecule has 2 heterocycles. The third kappa shape index (κ3) is 2.56. The number of pyridine rings is 2. The normalized spacial score (nSPS) is 11.2. The molecule has 0 saturated carbocycles. The van der Waals surface area contributed by atoms with Gasteiger partial charge in [0.25, 0.3) is 0 Å². The Morgan fingerprint density at radius 1 is 0.960 bits per heavy atom. The molecule has 124 valence electrons. The zero-order valence-corrected chi connectivity index (χ0v) is 14.5. The highest BCUT2D eigenvalue weighted by Crippen LogP contribution is 2.32. The lowest BCUT2D eigenvalue weighted by atomic mass is 9.99. The first-order valence-corrected chi connectivity index (χ1v) is 8.17. The second-order valence-electron chi connectivity index (χ2n) is 6.32. The van der Waals surface area contributed by atoms with Crippen LogP contribution in [0.25, 0.3) is 32.9 Å². The summed E-state index contributed by atoms with van der Waals surface area (Å²) in [5.41, 5.74) is 12.3. The Hall–Kier alpha value is -3.14. The number of benzene rings is 2. The molecule has 0 amide bonds. The Morgan fingerprint density at radius 3 is 2.56 bits per heavy atom. The Labute approximate surface area is 146 Å². The molecule has 0 aliphatic heterocycles. The molecule has 0 aliphatic carbocycles. The molecule has 0 bridgehead atoms. The first-order chi connectivity index (χ1) is 12.1. The van der Waals surface area contributed by atoms with Crippen molar-refractivity contribution in [1.82, 2.24) is 9.97 Å². The number of hydrogen-bond acceptors (Lipinski definition) is 4. The first kappa shape index (κ1) is 15.4. The molecule has 0 unspecified atom stereocenters. The van der Waals surface area contributed by atoms with Crippen LogP contribution in [-0.4, -0.2) is 17.1 Å². The second-order valence-corrected chi connectivity index (χ2v) is 6.32. The van der Waals surface area contributed by atoms with Crippen LogP contribution in [0.3, 0.4) is 0 Å². The number of methoxy groups -OCH3 is 1. The molecule has 4 heteroatoms. The highest BCUT2D eigenvalue weighted by molar-refractivity contribution is 6.09. The smallest absolute Gasteiger partial charge is 0.150 e. The van der Waals surface area contributed by atoms with Gasteiger partial charge in [-0.1, -0.05) is 18.2 Å². The van der Waals surface area contributed by atoms with Crippen LogP contribution in [0.1, 0.15) is 11.1 Å². The van der Waals surface area contributed by atoms with Crippen LogP contribution in [0.2, 0.25) is 0 Å². The predicted molar refractivity (Wildman–Crippen MR) is 103 cm³/mol. The molecule has 25 heavy (non-hydrogen) atoms. The van der Waals surface area contributed by atoms with Gasteiger partial charge in [0.15, 0.2) is 5.82 Å². The number of ether oxygens (including phenoxy) is 1. The average molecular weight is 329 g/mol. The minimum Gasteiger partial charge on any atom is -0.497 e. The maximum Gasteiger partial charge on any atom is 0.150 e. The summed E-state index contributed by atoms with van der Waals surface area (Å²) >= 11 is 0. The molecule has 0 aliphatic rings. The van der Waals surface area contributed by atoms with Crippen molar-refractivity contribution < 1.29 is 4.74 Å². The Morgan fingerprint density at radius 2 is 1.80 bits per heavy atom. The molecular formula is C21H19N3O. The van der Waals surface area contributed by atoms with Crippen LogP contribution in [0, 0.1) is 13.8 Å². The summed E-state index contributed by atoms with van der Waals surface area (Å²) in [6.45, 7) is 4.13. The Kier molecular flexibility index (Phi) is 3.53. The lowest BCUT2D eigenvalue weighted by Crippen LogP contribution is -1.96. The first-order valence-electron chi connectivity index (χ1n) is 8.17. The van der Waals surface area contributed by atoms with E-state index < -0.39 is 0 Å². The van der Waals surface area contributed by atoms with Gasteiger partial charge >= 0.3 is 0 Å². The molecule has 0 fully saturated rings. The number of nitrogen functional groups attached to an aromatic ring is 1. The van der Waals surface area contributed by atoms with Crippen LogP contribution in [0.5, 0.6) is 5.75 Å².